The van der Waals surface area contributed by atoms with E-state index in [1.807, 2.05) is 18.4 Å². The van der Waals surface area contributed by atoms with Crippen LogP contribution in [-0.4, -0.2) is 54.6 Å². The van der Waals surface area contributed by atoms with Gasteiger partial charge in [-0.2, -0.15) is 11.8 Å². The maximum atomic E-state index is 4.43. The molecule has 2 atom stereocenters. The third kappa shape index (κ3) is 6.01. The van der Waals surface area contributed by atoms with Crippen molar-refractivity contribution >= 4 is 53.0 Å². The van der Waals surface area contributed by atoms with Crippen molar-refractivity contribution in [3.05, 3.63) is 22.4 Å². The lowest BCUT2D eigenvalue weighted by molar-refractivity contribution is 0.249. The molecule has 2 aliphatic heterocycles. The van der Waals surface area contributed by atoms with E-state index in [1.165, 1.54) is 49.4 Å². The van der Waals surface area contributed by atoms with Crippen LogP contribution >= 0.6 is 47.1 Å². The lowest BCUT2D eigenvalue weighted by Gasteiger charge is -2.29. The lowest BCUT2D eigenvalue weighted by atomic mass is 10.1. The van der Waals surface area contributed by atoms with Crippen molar-refractivity contribution in [2.24, 2.45) is 4.99 Å². The number of guanidine groups is 1. The number of thioether (sulfide) groups is 1. The summed E-state index contributed by atoms with van der Waals surface area (Å²) < 4.78 is 0.361. The van der Waals surface area contributed by atoms with Crippen LogP contribution in [0, 0.1) is 0 Å². The molecular formula is C18H31IN4S2. The van der Waals surface area contributed by atoms with Gasteiger partial charge in [-0.1, -0.05) is 6.07 Å². The summed E-state index contributed by atoms with van der Waals surface area (Å²) in [6.07, 6.45) is 5.28. The molecule has 0 spiro atoms. The van der Waals surface area contributed by atoms with Crippen LogP contribution in [0.3, 0.4) is 0 Å². The molecule has 3 heterocycles. The van der Waals surface area contributed by atoms with Crippen molar-refractivity contribution in [3.63, 3.8) is 0 Å². The fourth-order valence-electron chi connectivity index (χ4n) is 3.60. The fraction of sp³-hybridized carbons (Fsp3) is 0.722. The highest BCUT2D eigenvalue weighted by Crippen LogP contribution is 2.36. The first-order valence-corrected chi connectivity index (χ1v) is 10.9. The summed E-state index contributed by atoms with van der Waals surface area (Å²) in [5.74, 6) is 2.23. The molecule has 2 saturated heterocycles. The topological polar surface area (TPSA) is 39.7 Å². The Morgan fingerprint density at radius 2 is 2.12 bits per heavy atom. The predicted octanol–water partition coefficient (Wildman–Crippen LogP) is 3.95. The molecule has 0 amide bonds. The summed E-state index contributed by atoms with van der Waals surface area (Å²) >= 11 is 3.95. The smallest absolute Gasteiger partial charge is 0.191 e. The van der Waals surface area contributed by atoms with Crippen molar-refractivity contribution in [2.45, 2.75) is 43.4 Å². The van der Waals surface area contributed by atoms with E-state index in [0.29, 0.717) is 10.8 Å². The summed E-state index contributed by atoms with van der Waals surface area (Å²) in [4.78, 5) is 8.50. The standard InChI is InChI=1S/C18H30N4S2.HI/c1-18(8-6-12-24-18)14-21-17(19-2)20-13-15(16-7-5-11-23-16)22-9-3-4-10-22;/h5,7,11,15H,3-4,6,8-10,12-14H2,1-2H3,(H2,19,20,21);1H. The van der Waals surface area contributed by atoms with Gasteiger partial charge >= 0.3 is 0 Å². The van der Waals surface area contributed by atoms with Crippen molar-refractivity contribution < 1.29 is 0 Å². The SMILES string of the molecule is CN=C(NCC(c1cccs1)N1CCCC1)NCC1(C)CCCS1.I. The first-order chi connectivity index (χ1) is 11.7. The zero-order valence-corrected chi connectivity index (χ0v) is 19.3. The normalized spacial score (nSPS) is 25.6. The van der Waals surface area contributed by atoms with Gasteiger partial charge < -0.3 is 10.6 Å². The first-order valence-electron chi connectivity index (χ1n) is 9.06. The van der Waals surface area contributed by atoms with Gasteiger partial charge in [0.25, 0.3) is 0 Å². The largest absolute Gasteiger partial charge is 0.355 e. The van der Waals surface area contributed by atoms with Crippen molar-refractivity contribution in [3.8, 4) is 0 Å². The average Bonchev–Trinajstić information content (AvgIpc) is 3.33. The molecule has 0 aromatic carbocycles. The summed E-state index contributed by atoms with van der Waals surface area (Å²) in [6.45, 7) is 6.70. The molecular weight excluding hydrogens is 463 g/mol. The number of hydrogen-bond acceptors (Lipinski definition) is 4. The number of nitrogens with zero attached hydrogens (tertiary/aromatic N) is 2. The van der Waals surface area contributed by atoms with Gasteiger partial charge in [0.2, 0.25) is 0 Å². The van der Waals surface area contributed by atoms with Crippen LogP contribution in [0.4, 0.5) is 0 Å². The molecule has 2 aliphatic rings. The Kier molecular flexibility index (Phi) is 8.84. The van der Waals surface area contributed by atoms with Crippen LogP contribution < -0.4 is 10.6 Å². The monoisotopic (exact) mass is 494 g/mol. The quantitative estimate of drug-likeness (QED) is 0.357. The number of aliphatic imine (C=N–C) groups is 1. The minimum absolute atomic E-state index is 0. The summed E-state index contributed by atoms with van der Waals surface area (Å²) in [7, 11) is 1.87. The minimum Gasteiger partial charge on any atom is -0.355 e. The van der Waals surface area contributed by atoms with E-state index in [0.717, 1.165) is 19.0 Å². The maximum absolute atomic E-state index is 4.43. The van der Waals surface area contributed by atoms with E-state index in [1.54, 1.807) is 0 Å². The first kappa shape index (κ1) is 21.3. The van der Waals surface area contributed by atoms with Crippen LogP contribution in [0.15, 0.2) is 22.5 Å². The molecule has 0 radical (unpaired) electrons. The Morgan fingerprint density at radius 3 is 2.72 bits per heavy atom. The third-order valence-corrected chi connectivity index (χ3v) is 7.58. The summed E-state index contributed by atoms with van der Waals surface area (Å²) in [6, 6.07) is 4.89. The Bertz CT molecular complexity index is 523. The van der Waals surface area contributed by atoms with Crippen molar-refractivity contribution in [1.82, 2.24) is 15.5 Å². The molecule has 2 fully saturated rings. The van der Waals surface area contributed by atoms with Gasteiger partial charge in [0, 0.05) is 29.8 Å². The highest BCUT2D eigenvalue weighted by molar-refractivity contribution is 14.0. The van der Waals surface area contributed by atoms with Gasteiger partial charge in [-0.05, 0) is 62.9 Å². The second-order valence-electron chi connectivity index (χ2n) is 6.98. The number of rotatable bonds is 6. The fourth-order valence-corrected chi connectivity index (χ4v) is 5.71. The molecule has 2 unspecified atom stereocenters. The number of hydrogen-bond donors (Lipinski definition) is 2. The predicted molar refractivity (Wildman–Crippen MR) is 123 cm³/mol. The molecule has 0 aliphatic carbocycles. The molecule has 0 bridgehead atoms. The van der Waals surface area contributed by atoms with Gasteiger partial charge in [0.05, 0.1) is 6.04 Å². The molecule has 142 valence electrons. The van der Waals surface area contributed by atoms with Crippen LogP contribution in [-0.2, 0) is 0 Å². The van der Waals surface area contributed by atoms with Crippen LogP contribution in [0.5, 0.6) is 0 Å². The third-order valence-electron chi connectivity index (χ3n) is 5.07. The second-order valence-corrected chi connectivity index (χ2v) is 9.64. The Labute approximate surface area is 177 Å². The minimum atomic E-state index is 0. The maximum Gasteiger partial charge on any atom is 0.191 e. The molecule has 1 aromatic rings. The van der Waals surface area contributed by atoms with E-state index in [-0.39, 0.29) is 24.0 Å². The Hall–Kier alpha value is 0.01000. The van der Waals surface area contributed by atoms with E-state index in [9.17, 15) is 0 Å². The Balaban J connectivity index is 0.00000225. The van der Waals surface area contributed by atoms with Gasteiger partial charge in [0.15, 0.2) is 5.96 Å². The molecule has 2 N–H and O–H groups in total. The molecule has 7 heteroatoms. The molecule has 4 nitrogen and oxygen atoms in total. The van der Waals surface area contributed by atoms with Gasteiger partial charge in [-0.3, -0.25) is 9.89 Å². The highest BCUT2D eigenvalue weighted by atomic mass is 127. The molecule has 3 rings (SSSR count). The number of likely N-dealkylation sites (tertiary alicyclic amines) is 1. The van der Waals surface area contributed by atoms with Crippen LogP contribution in [0.1, 0.15) is 43.5 Å². The van der Waals surface area contributed by atoms with E-state index >= 15 is 0 Å². The van der Waals surface area contributed by atoms with Crippen LogP contribution in [0.2, 0.25) is 0 Å². The van der Waals surface area contributed by atoms with Crippen LogP contribution in [0.25, 0.3) is 0 Å². The van der Waals surface area contributed by atoms with E-state index in [4.69, 9.17) is 0 Å². The average molecular weight is 495 g/mol. The highest BCUT2D eigenvalue weighted by Gasteiger charge is 2.29. The zero-order valence-electron chi connectivity index (χ0n) is 15.3. The van der Waals surface area contributed by atoms with Gasteiger partial charge in [-0.25, -0.2) is 0 Å². The van der Waals surface area contributed by atoms with Gasteiger partial charge in [-0.15, -0.1) is 35.3 Å². The molecule has 25 heavy (non-hydrogen) atoms. The number of thiophene rings is 1. The zero-order chi connectivity index (χ0) is 16.8. The van der Waals surface area contributed by atoms with Crippen molar-refractivity contribution in [1.29, 1.82) is 0 Å². The number of halogens is 1. The summed E-state index contributed by atoms with van der Waals surface area (Å²) in [5.41, 5.74) is 0. The number of nitrogens with one attached hydrogen (secondary N) is 2. The second kappa shape index (κ2) is 10.4. The van der Waals surface area contributed by atoms with Gasteiger partial charge in [0.1, 0.15) is 0 Å². The molecule has 0 saturated carbocycles. The van der Waals surface area contributed by atoms with E-state index < -0.39 is 0 Å². The summed E-state index contributed by atoms with van der Waals surface area (Å²) in [5, 5.41) is 9.30. The molecule has 1 aromatic heterocycles. The van der Waals surface area contributed by atoms with E-state index in [2.05, 4.69) is 56.7 Å². The Morgan fingerprint density at radius 1 is 1.32 bits per heavy atom. The lowest BCUT2D eigenvalue weighted by Crippen LogP contribution is -2.46. The van der Waals surface area contributed by atoms with Crippen molar-refractivity contribution in [2.75, 3.05) is 39.0 Å².